The topological polar surface area (TPSA) is 101 Å². The van der Waals surface area contributed by atoms with Crippen LogP contribution in [-0.2, 0) is 11.3 Å². The quantitative estimate of drug-likeness (QED) is 0.381. The number of nitrogens with zero attached hydrogens (tertiary/aromatic N) is 2. The Morgan fingerprint density at radius 3 is 2.46 bits per heavy atom. The van der Waals surface area contributed by atoms with Gasteiger partial charge in [-0.25, -0.2) is 18.6 Å². The molecule has 0 unspecified atom stereocenters. The monoisotopic (exact) mass is 509 g/mol. The van der Waals surface area contributed by atoms with Crippen LogP contribution < -0.4 is 24.3 Å². The summed E-state index contributed by atoms with van der Waals surface area (Å²) in [4.78, 5) is 20.4. The molecule has 0 spiro atoms. The highest BCUT2D eigenvalue weighted by atomic mass is 35.5. The van der Waals surface area contributed by atoms with E-state index in [9.17, 15) is 13.6 Å². The molecule has 3 aromatic rings. The predicted octanol–water partition coefficient (Wildman–Crippen LogP) is 4.93. The number of anilines is 2. The number of rotatable bonds is 10. The minimum Gasteiger partial charge on any atom is -0.496 e. The molecule has 0 atom stereocenters. The van der Waals surface area contributed by atoms with Crippen LogP contribution in [0.5, 0.6) is 23.3 Å². The zero-order chi connectivity index (χ0) is 25.5. The number of ether oxygens (including phenoxy) is 5. The lowest BCUT2D eigenvalue weighted by Crippen LogP contribution is -2.11. The molecule has 0 amide bonds. The zero-order valence-corrected chi connectivity index (χ0v) is 20.0. The molecule has 12 heteroatoms. The predicted molar refractivity (Wildman–Crippen MR) is 123 cm³/mol. The molecule has 2 aromatic carbocycles. The fourth-order valence-corrected chi connectivity index (χ4v) is 3.20. The number of carbonyl (C=O) groups is 1. The molecule has 35 heavy (non-hydrogen) atoms. The molecule has 9 nitrogen and oxygen atoms in total. The molecule has 3 rings (SSSR count). The lowest BCUT2D eigenvalue weighted by atomic mass is 10.2. The third-order valence-corrected chi connectivity index (χ3v) is 5.01. The van der Waals surface area contributed by atoms with Crippen LogP contribution >= 0.6 is 11.6 Å². The van der Waals surface area contributed by atoms with Crippen molar-refractivity contribution in [1.82, 2.24) is 9.97 Å². The normalized spacial score (nSPS) is 10.5. The van der Waals surface area contributed by atoms with Gasteiger partial charge in [-0.15, -0.1) is 0 Å². The highest BCUT2D eigenvalue weighted by Gasteiger charge is 2.20. The van der Waals surface area contributed by atoms with Crippen molar-refractivity contribution >= 4 is 29.1 Å². The number of methoxy groups -OCH3 is 3. The van der Waals surface area contributed by atoms with Gasteiger partial charge in [0.15, 0.2) is 29.0 Å². The maximum atomic E-state index is 14.4. The summed E-state index contributed by atoms with van der Waals surface area (Å²) in [6, 6.07) is 5.15. The molecule has 0 radical (unpaired) electrons. The molecular formula is C23H22ClF2N3O6. The summed E-state index contributed by atoms with van der Waals surface area (Å²) in [6.07, 6.45) is 1.25. The third-order valence-electron chi connectivity index (χ3n) is 4.70. The Bertz CT molecular complexity index is 1230. The Morgan fingerprint density at radius 2 is 1.80 bits per heavy atom. The van der Waals surface area contributed by atoms with Gasteiger partial charge in [-0.1, -0.05) is 11.6 Å². The molecule has 0 aliphatic rings. The van der Waals surface area contributed by atoms with Gasteiger partial charge in [-0.2, -0.15) is 4.98 Å². The smallest absolute Gasteiger partial charge is 0.343 e. The summed E-state index contributed by atoms with van der Waals surface area (Å²) < 4.78 is 54.3. The number of nitrogens with one attached hydrogen (secondary N) is 1. The molecule has 0 saturated carbocycles. The van der Waals surface area contributed by atoms with E-state index in [1.165, 1.54) is 45.7 Å². The standard InChI is InChI=1S/C23H22ClF2N3O6/c1-5-34-22(30)12-10-27-23(33-4)29-21(12)28-16-9-19(18(32-3)8-14(16)24)35-11-13-17(31-2)7-6-15(25)20(13)26/h6-10H,5,11H2,1-4H3,(H,27,28,29). The van der Waals surface area contributed by atoms with E-state index < -0.39 is 17.6 Å². The lowest BCUT2D eigenvalue weighted by Gasteiger charge is -2.17. The van der Waals surface area contributed by atoms with Crippen LogP contribution in [0.25, 0.3) is 0 Å². The fraction of sp³-hybridized carbons (Fsp3) is 0.261. The average molecular weight is 510 g/mol. The van der Waals surface area contributed by atoms with Crippen LogP contribution in [0.4, 0.5) is 20.3 Å². The molecule has 0 saturated heterocycles. The van der Waals surface area contributed by atoms with Crippen LogP contribution in [0, 0.1) is 11.6 Å². The second-order valence-corrected chi connectivity index (χ2v) is 7.19. The Kier molecular flexibility index (Phi) is 8.48. The summed E-state index contributed by atoms with van der Waals surface area (Å²) in [6.45, 7) is 1.43. The van der Waals surface area contributed by atoms with E-state index in [1.54, 1.807) is 6.92 Å². The van der Waals surface area contributed by atoms with E-state index in [4.69, 9.17) is 35.3 Å². The van der Waals surface area contributed by atoms with Crippen molar-refractivity contribution < 1.29 is 37.3 Å². The fourth-order valence-electron chi connectivity index (χ4n) is 3.00. The largest absolute Gasteiger partial charge is 0.496 e. The number of hydrogen-bond acceptors (Lipinski definition) is 9. The lowest BCUT2D eigenvalue weighted by molar-refractivity contribution is 0.0526. The van der Waals surface area contributed by atoms with Crippen LogP contribution in [0.15, 0.2) is 30.5 Å². The van der Waals surface area contributed by atoms with Gasteiger partial charge in [0, 0.05) is 12.1 Å². The van der Waals surface area contributed by atoms with Crippen molar-refractivity contribution in [3.8, 4) is 23.3 Å². The van der Waals surface area contributed by atoms with E-state index >= 15 is 0 Å². The number of aromatic nitrogens is 2. The summed E-state index contributed by atoms with van der Waals surface area (Å²) in [5.41, 5.74) is 0.179. The van der Waals surface area contributed by atoms with Gasteiger partial charge in [0.1, 0.15) is 17.9 Å². The third kappa shape index (κ3) is 5.80. The molecule has 0 fully saturated rings. The Labute approximate surface area is 204 Å². The molecule has 0 bridgehead atoms. The average Bonchev–Trinajstić information content (AvgIpc) is 2.86. The Hall–Kier alpha value is -3.86. The van der Waals surface area contributed by atoms with Crippen molar-refractivity contribution in [2.75, 3.05) is 33.3 Å². The Morgan fingerprint density at radius 1 is 1.06 bits per heavy atom. The number of halogens is 3. The van der Waals surface area contributed by atoms with Crippen molar-refractivity contribution in [1.29, 1.82) is 0 Å². The first kappa shape index (κ1) is 25.8. The van der Waals surface area contributed by atoms with Gasteiger partial charge in [-0.05, 0) is 19.1 Å². The molecule has 186 valence electrons. The summed E-state index contributed by atoms with van der Waals surface area (Å²) >= 11 is 6.39. The molecule has 0 aliphatic heterocycles. The van der Waals surface area contributed by atoms with Gasteiger partial charge in [0.25, 0.3) is 0 Å². The molecule has 0 aliphatic carbocycles. The van der Waals surface area contributed by atoms with Gasteiger partial charge < -0.3 is 29.0 Å². The van der Waals surface area contributed by atoms with Crippen LogP contribution in [0.2, 0.25) is 5.02 Å². The van der Waals surface area contributed by atoms with Crippen molar-refractivity contribution in [3.63, 3.8) is 0 Å². The Balaban J connectivity index is 1.97. The van der Waals surface area contributed by atoms with E-state index in [-0.39, 0.29) is 64.1 Å². The maximum Gasteiger partial charge on any atom is 0.343 e. The SMILES string of the molecule is CCOC(=O)c1cnc(OC)nc1Nc1cc(OCc2c(OC)ccc(F)c2F)c(OC)cc1Cl. The first-order chi connectivity index (χ1) is 16.8. The second kappa shape index (κ2) is 11.5. The van der Waals surface area contributed by atoms with Gasteiger partial charge in [0.2, 0.25) is 0 Å². The summed E-state index contributed by atoms with van der Waals surface area (Å²) in [5, 5.41) is 3.12. The minimum absolute atomic E-state index is 0.00432. The number of carbonyl (C=O) groups excluding carboxylic acids is 1. The van der Waals surface area contributed by atoms with Gasteiger partial charge in [0.05, 0.1) is 50.4 Å². The van der Waals surface area contributed by atoms with Crippen LogP contribution in [0.3, 0.4) is 0 Å². The molecule has 1 heterocycles. The number of esters is 1. The van der Waals surface area contributed by atoms with Crippen molar-refractivity contribution in [2.45, 2.75) is 13.5 Å². The van der Waals surface area contributed by atoms with E-state index in [0.717, 1.165) is 6.07 Å². The van der Waals surface area contributed by atoms with Crippen LogP contribution in [0.1, 0.15) is 22.8 Å². The first-order valence-corrected chi connectivity index (χ1v) is 10.6. The maximum absolute atomic E-state index is 14.4. The van der Waals surface area contributed by atoms with Crippen molar-refractivity contribution in [2.24, 2.45) is 0 Å². The van der Waals surface area contributed by atoms with E-state index in [1.807, 2.05) is 0 Å². The van der Waals surface area contributed by atoms with Crippen molar-refractivity contribution in [3.05, 3.63) is 58.2 Å². The van der Waals surface area contributed by atoms with Gasteiger partial charge >= 0.3 is 12.0 Å². The summed E-state index contributed by atoms with van der Waals surface area (Å²) in [5.74, 6) is -2.26. The van der Waals surface area contributed by atoms with E-state index in [2.05, 4.69) is 15.3 Å². The highest BCUT2D eigenvalue weighted by molar-refractivity contribution is 6.33. The summed E-state index contributed by atoms with van der Waals surface area (Å²) in [7, 11) is 4.09. The van der Waals surface area contributed by atoms with E-state index in [0.29, 0.717) is 0 Å². The number of hydrogen-bond donors (Lipinski definition) is 1. The minimum atomic E-state index is -1.09. The number of benzene rings is 2. The molecular weight excluding hydrogens is 488 g/mol. The second-order valence-electron chi connectivity index (χ2n) is 6.78. The first-order valence-electron chi connectivity index (χ1n) is 10.2. The molecule has 1 aromatic heterocycles. The zero-order valence-electron chi connectivity index (χ0n) is 19.3. The van der Waals surface area contributed by atoms with Gasteiger partial charge in [-0.3, -0.25) is 0 Å². The molecule has 1 N–H and O–H groups in total. The van der Waals surface area contributed by atoms with Crippen LogP contribution in [-0.4, -0.2) is 43.9 Å². The highest BCUT2D eigenvalue weighted by Crippen LogP contribution is 2.39.